The molecule has 2 aromatic carbocycles. The molecule has 0 spiro atoms. The summed E-state index contributed by atoms with van der Waals surface area (Å²) in [6.07, 6.45) is -0.806. The third kappa shape index (κ3) is 2.80. The van der Waals surface area contributed by atoms with E-state index in [-0.39, 0.29) is 0 Å². The molecule has 1 aliphatic heterocycles. The zero-order chi connectivity index (χ0) is 15.5. The van der Waals surface area contributed by atoms with Crippen molar-refractivity contribution >= 4 is 0 Å². The summed E-state index contributed by atoms with van der Waals surface area (Å²) in [4.78, 5) is 0. The maximum Gasteiger partial charge on any atom is 0.161 e. The monoisotopic (exact) mass is 302 g/mol. The molecule has 2 aromatic rings. The molecule has 1 aliphatic rings. The van der Waals surface area contributed by atoms with Crippen LogP contribution in [0, 0.1) is 0 Å². The third-order valence-corrected chi connectivity index (χ3v) is 3.57. The van der Waals surface area contributed by atoms with E-state index in [1.165, 1.54) is 0 Å². The van der Waals surface area contributed by atoms with E-state index in [9.17, 15) is 5.11 Å². The number of aliphatic hydroxyl groups is 1. The van der Waals surface area contributed by atoms with Crippen LogP contribution >= 0.6 is 0 Å². The lowest BCUT2D eigenvalue weighted by Crippen LogP contribution is -2.15. The molecule has 1 heterocycles. The molecular formula is C17H18O5. The van der Waals surface area contributed by atoms with Gasteiger partial charge < -0.3 is 24.1 Å². The zero-order valence-corrected chi connectivity index (χ0v) is 12.5. The number of hydrogen-bond acceptors (Lipinski definition) is 5. The predicted octanol–water partition coefficient (Wildman–Crippen LogP) is 2.56. The number of hydrogen-bond donors (Lipinski definition) is 1. The number of benzene rings is 2. The molecule has 5 nitrogen and oxygen atoms in total. The van der Waals surface area contributed by atoms with E-state index >= 15 is 0 Å². The van der Waals surface area contributed by atoms with Crippen LogP contribution in [0.3, 0.4) is 0 Å². The minimum atomic E-state index is -0.806. The van der Waals surface area contributed by atoms with Crippen LogP contribution in [0.1, 0.15) is 17.2 Å². The van der Waals surface area contributed by atoms with Gasteiger partial charge in [0.05, 0.1) is 14.2 Å². The number of fused-ring (bicyclic) bond motifs is 1. The molecule has 3 rings (SSSR count). The molecule has 1 N–H and O–H groups in total. The standard InChI is InChI=1S/C17H18O5/c1-19-13-7-12(8-14(10-13)20-2)17(18)11-3-4-15-16(9-11)22-6-5-21-15/h3-4,7-10,17-18H,5-6H2,1-2H3/t17-/m1/s1. The topological polar surface area (TPSA) is 57.2 Å². The Balaban J connectivity index is 1.94. The Kier molecular flexibility index (Phi) is 4.06. The summed E-state index contributed by atoms with van der Waals surface area (Å²) in [5.74, 6) is 2.61. The average Bonchev–Trinajstić information content (AvgIpc) is 2.60. The van der Waals surface area contributed by atoms with Gasteiger partial charge in [-0.3, -0.25) is 0 Å². The Bertz CT molecular complexity index is 646. The van der Waals surface area contributed by atoms with E-state index in [0.717, 1.165) is 5.56 Å². The van der Waals surface area contributed by atoms with Crippen molar-refractivity contribution in [3.8, 4) is 23.0 Å². The van der Waals surface area contributed by atoms with E-state index in [1.807, 2.05) is 12.1 Å². The molecule has 0 bridgehead atoms. The smallest absolute Gasteiger partial charge is 0.161 e. The molecule has 0 aliphatic carbocycles. The molecule has 0 radical (unpaired) electrons. The van der Waals surface area contributed by atoms with Gasteiger partial charge in [0, 0.05) is 6.07 Å². The highest BCUT2D eigenvalue weighted by Gasteiger charge is 2.18. The number of methoxy groups -OCH3 is 2. The van der Waals surface area contributed by atoms with E-state index < -0.39 is 6.10 Å². The van der Waals surface area contributed by atoms with Gasteiger partial charge >= 0.3 is 0 Å². The summed E-state index contributed by atoms with van der Waals surface area (Å²) in [7, 11) is 3.16. The lowest BCUT2D eigenvalue weighted by Gasteiger charge is -2.20. The highest BCUT2D eigenvalue weighted by molar-refractivity contribution is 5.48. The molecule has 0 unspecified atom stereocenters. The van der Waals surface area contributed by atoms with Crippen LogP contribution in [0.4, 0.5) is 0 Å². The Morgan fingerprint density at radius 3 is 2.14 bits per heavy atom. The van der Waals surface area contributed by atoms with Crippen LogP contribution < -0.4 is 18.9 Å². The van der Waals surface area contributed by atoms with Crippen LogP contribution in [-0.2, 0) is 0 Å². The maximum atomic E-state index is 10.6. The number of rotatable bonds is 4. The van der Waals surface area contributed by atoms with Gasteiger partial charge in [-0.1, -0.05) is 6.07 Å². The van der Waals surface area contributed by atoms with Crippen LogP contribution in [0.25, 0.3) is 0 Å². The Labute approximate surface area is 129 Å². The molecule has 22 heavy (non-hydrogen) atoms. The first-order valence-electron chi connectivity index (χ1n) is 7.02. The minimum absolute atomic E-state index is 0.513. The fourth-order valence-corrected chi connectivity index (χ4v) is 2.41. The third-order valence-electron chi connectivity index (χ3n) is 3.57. The predicted molar refractivity (Wildman–Crippen MR) is 81.0 cm³/mol. The molecular weight excluding hydrogens is 284 g/mol. The van der Waals surface area contributed by atoms with Gasteiger partial charge in [-0.05, 0) is 35.4 Å². The SMILES string of the molecule is COc1cc(OC)cc([C@H](O)c2ccc3c(c2)OCCO3)c1. The number of ether oxygens (including phenoxy) is 4. The molecule has 116 valence electrons. The second kappa shape index (κ2) is 6.15. The van der Waals surface area contributed by atoms with Gasteiger partial charge in [0.1, 0.15) is 30.8 Å². The summed E-state index contributed by atoms with van der Waals surface area (Å²) >= 11 is 0. The quantitative estimate of drug-likeness (QED) is 0.940. The Morgan fingerprint density at radius 2 is 1.50 bits per heavy atom. The normalized spacial score (nSPS) is 14.3. The second-order valence-electron chi connectivity index (χ2n) is 4.95. The number of aliphatic hydroxyl groups excluding tert-OH is 1. The van der Waals surface area contributed by atoms with Crippen molar-refractivity contribution in [1.29, 1.82) is 0 Å². The minimum Gasteiger partial charge on any atom is -0.497 e. The first kappa shape index (κ1) is 14.5. The van der Waals surface area contributed by atoms with Gasteiger partial charge in [-0.15, -0.1) is 0 Å². The van der Waals surface area contributed by atoms with Crippen LogP contribution in [0.15, 0.2) is 36.4 Å². The Morgan fingerprint density at radius 1 is 0.864 bits per heavy atom. The van der Waals surface area contributed by atoms with Crippen LogP contribution in [-0.4, -0.2) is 32.5 Å². The lowest BCUT2D eigenvalue weighted by atomic mass is 10.0. The molecule has 0 fully saturated rings. The molecule has 5 heteroatoms. The second-order valence-corrected chi connectivity index (χ2v) is 4.95. The summed E-state index contributed by atoms with van der Waals surface area (Å²) in [5, 5.41) is 10.6. The van der Waals surface area contributed by atoms with E-state index in [1.54, 1.807) is 38.5 Å². The van der Waals surface area contributed by atoms with Gasteiger partial charge in [0.2, 0.25) is 0 Å². The van der Waals surface area contributed by atoms with Crippen molar-refractivity contribution in [2.45, 2.75) is 6.10 Å². The average molecular weight is 302 g/mol. The van der Waals surface area contributed by atoms with Gasteiger partial charge in [0.25, 0.3) is 0 Å². The van der Waals surface area contributed by atoms with Crippen molar-refractivity contribution in [2.75, 3.05) is 27.4 Å². The van der Waals surface area contributed by atoms with Crippen molar-refractivity contribution in [1.82, 2.24) is 0 Å². The molecule has 0 aromatic heterocycles. The maximum absolute atomic E-state index is 10.6. The van der Waals surface area contributed by atoms with Crippen LogP contribution in [0.2, 0.25) is 0 Å². The first-order valence-corrected chi connectivity index (χ1v) is 7.02. The molecule has 1 atom stereocenters. The zero-order valence-electron chi connectivity index (χ0n) is 12.5. The van der Waals surface area contributed by atoms with Crippen molar-refractivity contribution < 1.29 is 24.1 Å². The largest absolute Gasteiger partial charge is 0.497 e. The fraction of sp³-hybridized carbons (Fsp3) is 0.294. The van der Waals surface area contributed by atoms with Crippen molar-refractivity contribution in [3.05, 3.63) is 47.5 Å². The van der Waals surface area contributed by atoms with E-state index in [2.05, 4.69) is 0 Å². The summed E-state index contributed by atoms with van der Waals surface area (Å²) in [5.41, 5.74) is 1.41. The van der Waals surface area contributed by atoms with Crippen molar-refractivity contribution in [2.24, 2.45) is 0 Å². The molecule has 0 saturated carbocycles. The van der Waals surface area contributed by atoms with Crippen molar-refractivity contribution in [3.63, 3.8) is 0 Å². The van der Waals surface area contributed by atoms with Gasteiger partial charge in [-0.2, -0.15) is 0 Å². The summed E-state index contributed by atoms with van der Waals surface area (Å²) in [6, 6.07) is 10.8. The van der Waals surface area contributed by atoms with Crippen LogP contribution in [0.5, 0.6) is 23.0 Å². The molecule has 0 amide bonds. The Hall–Kier alpha value is -2.40. The van der Waals surface area contributed by atoms with E-state index in [4.69, 9.17) is 18.9 Å². The highest BCUT2D eigenvalue weighted by atomic mass is 16.6. The van der Waals surface area contributed by atoms with Gasteiger partial charge in [0.15, 0.2) is 11.5 Å². The molecule has 0 saturated heterocycles. The first-order chi connectivity index (χ1) is 10.7. The van der Waals surface area contributed by atoms with E-state index in [0.29, 0.717) is 41.8 Å². The highest BCUT2D eigenvalue weighted by Crippen LogP contribution is 2.35. The summed E-state index contributed by atoms with van der Waals surface area (Å²) in [6.45, 7) is 1.06. The van der Waals surface area contributed by atoms with Gasteiger partial charge in [-0.25, -0.2) is 0 Å². The fourth-order valence-electron chi connectivity index (χ4n) is 2.41. The summed E-state index contributed by atoms with van der Waals surface area (Å²) < 4.78 is 21.5. The lowest BCUT2D eigenvalue weighted by molar-refractivity contribution is 0.169.